The number of rotatable bonds is 5. The Balaban J connectivity index is 1.46. The molecule has 9 nitrogen and oxygen atoms in total. The summed E-state index contributed by atoms with van der Waals surface area (Å²) in [6, 6.07) is 11.5. The number of ether oxygens (including phenoxy) is 1. The number of hydrazone groups is 1. The third-order valence-electron chi connectivity index (χ3n) is 5.57. The summed E-state index contributed by atoms with van der Waals surface area (Å²) >= 11 is 0. The summed E-state index contributed by atoms with van der Waals surface area (Å²) < 4.78 is 23.9. The first-order valence-corrected chi connectivity index (χ1v) is 10.9. The van der Waals surface area contributed by atoms with Gasteiger partial charge in [-0.3, -0.25) is 25.2 Å². The second-order valence-electron chi connectivity index (χ2n) is 7.85. The Kier molecular flexibility index (Phi) is 6.91. The van der Waals surface area contributed by atoms with Gasteiger partial charge in [-0.05, 0) is 68.3 Å². The third kappa shape index (κ3) is 5.21. The van der Waals surface area contributed by atoms with Crippen LogP contribution in [0.1, 0.15) is 61.0 Å². The molecule has 35 heavy (non-hydrogen) atoms. The Morgan fingerprint density at radius 1 is 0.914 bits per heavy atom. The van der Waals surface area contributed by atoms with E-state index < -0.39 is 17.6 Å². The van der Waals surface area contributed by atoms with Crippen molar-refractivity contribution in [3.63, 3.8) is 0 Å². The van der Waals surface area contributed by atoms with Crippen LogP contribution in [0.15, 0.2) is 58.0 Å². The first-order valence-electron chi connectivity index (χ1n) is 10.9. The fourth-order valence-electron chi connectivity index (χ4n) is 3.77. The van der Waals surface area contributed by atoms with Gasteiger partial charge in [-0.2, -0.15) is 5.10 Å². The van der Waals surface area contributed by atoms with E-state index in [1.165, 1.54) is 12.1 Å². The van der Waals surface area contributed by atoms with Crippen LogP contribution in [0, 0.1) is 12.7 Å². The summed E-state index contributed by atoms with van der Waals surface area (Å²) in [7, 11) is 1.54. The monoisotopic (exact) mass is 478 g/mol. The number of carbonyl (C=O) groups excluding carboxylic acids is 3. The maximum atomic E-state index is 13.0. The minimum Gasteiger partial charge on any atom is -0.497 e. The summed E-state index contributed by atoms with van der Waals surface area (Å²) in [6.07, 6.45) is 1.94. The van der Waals surface area contributed by atoms with Crippen LogP contribution in [-0.2, 0) is 6.42 Å². The van der Waals surface area contributed by atoms with Crippen LogP contribution in [0.2, 0.25) is 0 Å². The zero-order valence-electron chi connectivity index (χ0n) is 19.1. The molecule has 3 aromatic rings. The van der Waals surface area contributed by atoms with E-state index in [2.05, 4.69) is 21.4 Å². The molecular formula is C25H23FN4O5. The molecule has 0 saturated carbocycles. The minimum atomic E-state index is -0.644. The lowest BCUT2D eigenvalue weighted by Gasteiger charge is -2.13. The molecule has 2 aromatic carbocycles. The van der Waals surface area contributed by atoms with Crippen molar-refractivity contribution in [2.24, 2.45) is 5.10 Å². The smallest absolute Gasteiger partial charge is 0.305 e. The predicted octanol–water partition coefficient (Wildman–Crippen LogP) is 3.28. The van der Waals surface area contributed by atoms with Gasteiger partial charge >= 0.3 is 5.91 Å². The van der Waals surface area contributed by atoms with Crippen molar-refractivity contribution in [1.82, 2.24) is 16.3 Å². The lowest BCUT2D eigenvalue weighted by Crippen LogP contribution is -2.41. The largest absolute Gasteiger partial charge is 0.497 e. The third-order valence-corrected chi connectivity index (χ3v) is 5.57. The summed E-state index contributed by atoms with van der Waals surface area (Å²) in [6.45, 7) is 1.71. The van der Waals surface area contributed by atoms with Crippen molar-refractivity contribution < 1.29 is 27.9 Å². The maximum absolute atomic E-state index is 13.0. The number of amides is 3. The molecule has 4 rings (SSSR count). The molecule has 0 fully saturated rings. The normalized spacial score (nSPS) is 13.6. The highest BCUT2D eigenvalue weighted by Gasteiger charge is 2.28. The standard InChI is InChI=1S/C25H23FN4O5/c1-14-21-19(27-28-23(31)16-8-12-18(34-2)13-9-16)4-3-5-20(21)35-22(14)25(33)30-29-24(32)15-6-10-17(26)11-7-15/h6-13H,3-5H2,1-2H3,(H,28,31)(H,29,32)(H,30,33)/b27-19+. The van der Waals surface area contributed by atoms with Crippen LogP contribution in [0.5, 0.6) is 5.75 Å². The molecule has 0 bridgehead atoms. The van der Waals surface area contributed by atoms with Crippen molar-refractivity contribution >= 4 is 23.4 Å². The molecule has 0 spiro atoms. The van der Waals surface area contributed by atoms with Gasteiger partial charge in [-0.15, -0.1) is 0 Å². The van der Waals surface area contributed by atoms with Gasteiger partial charge < -0.3 is 9.15 Å². The van der Waals surface area contributed by atoms with Gasteiger partial charge in [0, 0.05) is 28.7 Å². The highest BCUT2D eigenvalue weighted by atomic mass is 19.1. The molecule has 0 saturated heterocycles. The molecule has 0 radical (unpaired) electrons. The number of hydrazine groups is 1. The van der Waals surface area contributed by atoms with Gasteiger partial charge in [0.2, 0.25) is 0 Å². The number of halogens is 1. The molecule has 1 heterocycles. The zero-order chi connectivity index (χ0) is 24.9. The van der Waals surface area contributed by atoms with Crippen molar-refractivity contribution in [2.75, 3.05) is 7.11 Å². The van der Waals surface area contributed by atoms with Crippen LogP contribution in [-0.4, -0.2) is 30.5 Å². The molecule has 0 aliphatic heterocycles. The van der Waals surface area contributed by atoms with Gasteiger partial charge in [-0.25, -0.2) is 9.82 Å². The fourth-order valence-corrected chi connectivity index (χ4v) is 3.77. The average molecular weight is 478 g/mol. The molecule has 3 N–H and O–H groups in total. The average Bonchev–Trinajstić information content (AvgIpc) is 3.23. The molecular weight excluding hydrogens is 455 g/mol. The number of furan rings is 1. The Hall–Kier alpha value is -4.47. The van der Waals surface area contributed by atoms with Crippen LogP contribution >= 0.6 is 0 Å². The number of hydrogen-bond donors (Lipinski definition) is 3. The van der Waals surface area contributed by atoms with Crippen molar-refractivity contribution in [1.29, 1.82) is 0 Å². The van der Waals surface area contributed by atoms with E-state index in [-0.39, 0.29) is 17.2 Å². The van der Waals surface area contributed by atoms with Crippen LogP contribution in [0.4, 0.5) is 4.39 Å². The number of fused-ring (bicyclic) bond motifs is 1. The number of aryl methyl sites for hydroxylation is 1. The fraction of sp³-hybridized carbons (Fsp3) is 0.200. The number of hydrogen-bond acceptors (Lipinski definition) is 6. The van der Waals surface area contributed by atoms with Crippen LogP contribution < -0.4 is 21.0 Å². The minimum absolute atomic E-state index is 0.0329. The summed E-state index contributed by atoms with van der Waals surface area (Å²) in [5, 5.41) is 4.29. The molecule has 10 heteroatoms. The van der Waals surface area contributed by atoms with Crippen molar-refractivity contribution in [2.45, 2.75) is 26.2 Å². The summed E-state index contributed by atoms with van der Waals surface area (Å²) in [4.78, 5) is 37.3. The lowest BCUT2D eigenvalue weighted by atomic mass is 9.93. The van der Waals surface area contributed by atoms with Crippen LogP contribution in [0.25, 0.3) is 0 Å². The van der Waals surface area contributed by atoms with Gasteiger partial charge in [0.05, 0.1) is 12.8 Å². The molecule has 1 aliphatic rings. The molecule has 180 valence electrons. The number of methoxy groups -OCH3 is 1. The van der Waals surface area contributed by atoms with E-state index in [9.17, 15) is 18.8 Å². The van der Waals surface area contributed by atoms with E-state index >= 15 is 0 Å². The Labute approximate surface area is 200 Å². The number of nitrogens with zero attached hydrogens (tertiary/aromatic N) is 1. The Morgan fingerprint density at radius 3 is 2.23 bits per heavy atom. The Bertz CT molecular complexity index is 1300. The zero-order valence-corrected chi connectivity index (χ0v) is 19.1. The van der Waals surface area contributed by atoms with E-state index in [4.69, 9.17) is 9.15 Å². The molecule has 0 atom stereocenters. The van der Waals surface area contributed by atoms with E-state index in [0.29, 0.717) is 46.8 Å². The Morgan fingerprint density at radius 2 is 1.54 bits per heavy atom. The number of nitrogens with one attached hydrogen (secondary N) is 3. The second kappa shape index (κ2) is 10.2. The first-order chi connectivity index (χ1) is 16.9. The lowest BCUT2D eigenvalue weighted by molar-refractivity contribution is 0.0829. The van der Waals surface area contributed by atoms with E-state index in [1.54, 1.807) is 38.3 Å². The molecule has 1 aromatic heterocycles. The van der Waals surface area contributed by atoms with Gasteiger partial charge in [0.25, 0.3) is 11.8 Å². The molecule has 0 unspecified atom stereocenters. The van der Waals surface area contributed by atoms with Gasteiger partial charge in [-0.1, -0.05) is 0 Å². The van der Waals surface area contributed by atoms with Crippen molar-refractivity contribution in [3.05, 3.63) is 88.1 Å². The first kappa shape index (κ1) is 23.7. The molecule has 3 amide bonds. The quantitative estimate of drug-likeness (QED) is 0.486. The van der Waals surface area contributed by atoms with Crippen LogP contribution in [0.3, 0.4) is 0 Å². The summed E-state index contributed by atoms with van der Waals surface area (Å²) in [5.74, 6) is -0.843. The number of carbonyl (C=O) groups is 3. The highest BCUT2D eigenvalue weighted by molar-refractivity contribution is 6.07. The number of benzene rings is 2. The molecule has 1 aliphatic carbocycles. The highest BCUT2D eigenvalue weighted by Crippen LogP contribution is 2.29. The van der Waals surface area contributed by atoms with Gasteiger partial charge in [0.15, 0.2) is 5.76 Å². The van der Waals surface area contributed by atoms with Gasteiger partial charge in [0.1, 0.15) is 17.3 Å². The van der Waals surface area contributed by atoms with Crippen molar-refractivity contribution in [3.8, 4) is 5.75 Å². The second-order valence-corrected chi connectivity index (χ2v) is 7.85. The topological polar surface area (TPSA) is 122 Å². The van der Waals surface area contributed by atoms with E-state index in [1.807, 2.05) is 0 Å². The predicted molar refractivity (Wildman–Crippen MR) is 125 cm³/mol. The SMILES string of the molecule is COc1ccc(C(=O)N/N=C2\CCCc3oc(C(=O)NNC(=O)c4ccc(F)cc4)c(C)c32)cc1. The summed E-state index contributed by atoms with van der Waals surface area (Å²) in [5.41, 5.74) is 9.58. The maximum Gasteiger partial charge on any atom is 0.305 e. The van der Waals surface area contributed by atoms with E-state index in [0.717, 1.165) is 18.6 Å².